The zero-order valence-electron chi connectivity index (χ0n) is 20.7. The molecule has 0 heterocycles. The maximum atomic E-state index is 12.6. The van der Waals surface area contributed by atoms with Crippen LogP contribution < -0.4 is 10.4 Å². The van der Waals surface area contributed by atoms with Crippen LogP contribution in [0, 0.1) is 0 Å². The third kappa shape index (κ3) is 7.41. The number of benzene rings is 2. The van der Waals surface area contributed by atoms with Crippen molar-refractivity contribution in [2.45, 2.75) is 52.1 Å². The lowest BCUT2D eigenvalue weighted by molar-refractivity contribution is -0.114. The molecule has 0 saturated heterocycles. The number of allylic oxidation sites excluding steroid dienone is 2. The molecule has 0 aliphatic heterocycles. The van der Waals surface area contributed by atoms with Crippen molar-refractivity contribution in [3.63, 3.8) is 0 Å². The smallest absolute Gasteiger partial charge is 0.386 e. The molecule has 0 aliphatic rings. The highest BCUT2D eigenvalue weighted by atomic mass is 28.5. The van der Waals surface area contributed by atoms with E-state index in [1.165, 1.54) is 0 Å². The molecule has 176 valence electrons. The van der Waals surface area contributed by atoms with Crippen LogP contribution in [0.4, 0.5) is 0 Å². The summed E-state index contributed by atoms with van der Waals surface area (Å²) in [6, 6.07) is 20.7. The maximum absolute atomic E-state index is 12.6. The third-order valence-corrected chi connectivity index (χ3v) is 16.5. The van der Waals surface area contributed by atoms with Crippen molar-refractivity contribution in [3.05, 3.63) is 85.0 Å². The van der Waals surface area contributed by atoms with Crippen molar-refractivity contribution in [2.75, 3.05) is 0 Å². The van der Waals surface area contributed by atoms with Crippen molar-refractivity contribution < 1.29 is 17.8 Å². The molecule has 0 aromatic heterocycles. The summed E-state index contributed by atoms with van der Waals surface area (Å²) >= 11 is 0. The number of hydrogen-bond donors (Lipinski definition) is 0. The molecule has 2 aromatic carbocycles. The zero-order valence-corrected chi connectivity index (χ0v) is 23.7. The van der Waals surface area contributed by atoms with Crippen molar-refractivity contribution in [2.24, 2.45) is 0 Å². The van der Waals surface area contributed by atoms with E-state index in [1.54, 1.807) is 13.8 Å². The Balaban J connectivity index is 2.66. The molecule has 7 heteroatoms. The van der Waals surface area contributed by atoms with Gasteiger partial charge in [-0.15, -0.1) is 0 Å². The SMILES string of the molecule is C=C(C)C(=O)C[Si](C)(C)O[Si](O[Si](C)(C)CC(=O)C(=C)C)(c1ccccc1)c1ccccc1. The molecule has 0 aliphatic carbocycles. The lowest BCUT2D eigenvalue weighted by Gasteiger charge is -2.43. The van der Waals surface area contributed by atoms with Gasteiger partial charge in [-0.2, -0.15) is 0 Å². The molecule has 0 atom stereocenters. The molecule has 0 fully saturated rings. The van der Waals surface area contributed by atoms with Gasteiger partial charge in [0, 0.05) is 12.1 Å². The Bertz CT molecular complexity index is 931. The molecule has 0 radical (unpaired) electrons. The molecule has 0 bridgehead atoms. The van der Waals surface area contributed by atoms with Crippen LogP contribution in [0.3, 0.4) is 0 Å². The van der Waals surface area contributed by atoms with E-state index in [-0.39, 0.29) is 11.6 Å². The van der Waals surface area contributed by atoms with Gasteiger partial charge in [0.25, 0.3) is 0 Å². The Labute approximate surface area is 201 Å². The molecule has 2 aromatic rings. The van der Waals surface area contributed by atoms with Gasteiger partial charge in [0.1, 0.15) is 0 Å². The molecule has 0 amide bonds. The van der Waals surface area contributed by atoms with Gasteiger partial charge in [-0.3, -0.25) is 9.59 Å². The molecule has 2 rings (SSSR count). The fraction of sp³-hybridized carbons (Fsp3) is 0.308. The Hall–Kier alpha value is -2.17. The molecular formula is C26H36O4Si3. The van der Waals surface area contributed by atoms with E-state index in [0.29, 0.717) is 23.2 Å². The van der Waals surface area contributed by atoms with Crippen LogP contribution >= 0.6 is 0 Å². The topological polar surface area (TPSA) is 52.6 Å². The molecule has 0 spiro atoms. The minimum absolute atomic E-state index is 0.0182. The van der Waals surface area contributed by atoms with Gasteiger partial charge in [-0.25, -0.2) is 0 Å². The van der Waals surface area contributed by atoms with E-state index in [2.05, 4.69) is 39.3 Å². The van der Waals surface area contributed by atoms with E-state index < -0.39 is 25.2 Å². The molecule has 4 nitrogen and oxygen atoms in total. The standard InChI is InChI=1S/C26H36O4Si3/c1-21(2)25(27)19-31(5,6)29-33(23-15-11-9-12-16-23,24-17-13-10-14-18-24)30-32(7,8)20-26(28)22(3)4/h9-18H,1,3,19-20H2,2,4-8H3. The van der Waals surface area contributed by atoms with Gasteiger partial charge in [-0.1, -0.05) is 73.8 Å². The summed E-state index contributed by atoms with van der Waals surface area (Å²) in [5.41, 5.74) is 1.07. The summed E-state index contributed by atoms with van der Waals surface area (Å²) < 4.78 is 14.2. The van der Waals surface area contributed by atoms with Gasteiger partial charge in [0.2, 0.25) is 0 Å². The number of rotatable bonds is 12. The van der Waals surface area contributed by atoms with Gasteiger partial charge < -0.3 is 8.23 Å². The van der Waals surface area contributed by atoms with Crippen LogP contribution in [0.15, 0.2) is 85.0 Å². The van der Waals surface area contributed by atoms with Crippen molar-refractivity contribution in [3.8, 4) is 0 Å². The average molecular weight is 497 g/mol. The highest BCUT2D eigenvalue weighted by Crippen LogP contribution is 2.27. The quantitative estimate of drug-likeness (QED) is 0.307. The van der Waals surface area contributed by atoms with Gasteiger partial charge in [0.15, 0.2) is 28.2 Å². The number of hydrogen-bond acceptors (Lipinski definition) is 4. The highest BCUT2D eigenvalue weighted by molar-refractivity contribution is 7.03. The average Bonchev–Trinajstić information content (AvgIpc) is 2.73. The predicted molar refractivity (Wildman–Crippen MR) is 144 cm³/mol. The number of Topliss-reactive ketones (excluding diaryl/α,β-unsaturated/α-hetero) is 2. The second-order valence-electron chi connectivity index (χ2n) is 9.83. The first-order valence-corrected chi connectivity index (χ1v) is 19.2. The normalized spacial score (nSPS) is 12.3. The largest absolute Gasteiger partial charge is 0.429 e. The van der Waals surface area contributed by atoms with Crippen LogP contribution in [0.5, 0.6) is 0 Å². The summed E-state index contributed by atoms with van der Waals surface area (Å²) in [7, 11) is -8.35. The first-order valence-electron chi connectivity index (χ1n) is 11.2. The Kier molecular flexibility index (Phi) is 8.89. The van der Waals surface area contributed by atoms with E-state index >= 15 is 0 Å². The third-order valence-electron chi connectivity index (χ3n) is 5.27. The molecular weight excluding hydrogens is 461 g/mol. The minimum Gasteiger partial charge on any atom is -0.429 e. The highest BCUT2D eigenvalue weighted by Gasteiger charge is 2.51. The summed E-state index contributed by atoms with van der Waals surface area (Å²) in [4.78, 5) is 25.2. The van der Waals surface area contributed by atoms with E-state index in [0.717, 1.165) is 10.4 Å². The lowest BCUT2D eigenvalue weighted by atomic mass is 10.2. The second-order valence-corrected chi connectivity index (χ2v) is 21.6. The van der Waals surface area contributed by atoms with Gasteiger partial charge in [0.05, 0.1) is 0 Å². The van der Waals surface area contributed by atoms with Gasteiger partial charge >= 0.3 is 8.56 Å². The van der Waals surface area contributed by atoms with E-state index in [4.69, 9.17) is 8.23 Å². The number of carbonyl (C=O) groups is 2. The van der Waals surface area contributed by atoms with Crippen LogP contribution in [0.25, 0.3) is 0 Å². The van der Waals surface area contributed by atoms with Crippen LogP contribution in [0.1, 0.15) is 13.8 Å². The molecule has 0 N–H and O–H groups in total. The first kappa shape index (κ1) is 27.1. The molecule has 33 heavy (non-hydrogen) atoms. The van der Waals surface area contributed by atoms with Crippen molar-refractivity contribution in [1.82, 2.24) is 0 Å². The molecule has 0 saturated carbocycles. The fourth-order valence-corrected chi connectivity index (χ4v) is 16.6. The summed E-state index contributed by atoms with van der Waals surface area (Å²) in [5, 5.41) is 1.95. The van der Waals surface area contributed by atoms with Crippen molar-refractivity contribution >= 4 is 47.1 Å². The number of ketones is 2. The lowest BCUT2D eigenvalue weighted by Crippen LogP contribution is -2.70. The monoisotopic (exact) mass is 496 g/mol. The van der Waals surface area contributed by atoms with Crippen LogP contribution in [-0.2, 0) is 17.8 Å². The summed E-state index contributed by atoms with van der Waals surface area (Å²) in [5.74, 6) is 0.0364. The summed E-state index contributed by atoms with van der Waals surface area (Å²) in [6.45, 7) is 19.3. The van der Waals surface area contributed by atoms with Crippen LogP contribution in [-0.4, -0.2) is 36.8 Å². The minimum atomic E-state index is -3.26. The Morgan fingerprint density at radius 1 is 0.667 bits per heavy atom. The maximum Gasteiger partial charge on any atom is 0.386 e. The van der Waals surface area contributed by atoms with Crippen LogP contribution in [0.2, 0.25) is 38.3 Å². The fourth-order valence-electron chi connectivity index (χ4n) is 3.66. The summed E-state index contributed by atoms with van der Waals surface area (Å²) in [6.07, 6.45) is 0. The predicted octanol–water partition coefficient (Wildman–Crippen LogP) is 4.98. The Morgan fingerprint density at radius 2 is 0.970 bits per heavy atom. The number of carbonyl (C=O) groups excluding carboxylic acids is 2. The molecule has 0 unspecified atom stereocenters. The van der Waals surface area contributed by atoms with Crippen molar-refractivity contribution in [1.29, 1.82) is 0 Å². The van der Waals surface area contributed by atoms with Gasteiger partial charge in [-0.05, 0) is 61.6 Å². The zero-order chi connectivity index (χ0) is 24.9. The first-order chi connectivity index (χ1) is 15.3. The Morgan fingerprint density at radius 3 is 1.24 bits per heavy atom. The second kappa shape index (κ2) is 10.8. The van der Waals surface area contributed by atoms with E-state index in [9.17, 15) is 9.59 Å². The van der Waals surface area contributed by atoms with E-state index in [1.807, 2.05) is 60.7 Å².